The number of phenols is 1. The molecule has 4 rings (SSSR count). The van der Waals surface area contributed by atoms with Gasteiger partial charge >= 0.3 is 0 Å². The first-order chi connectivity index (χ1) is 19.2. The molecule has 0 radical (unpaired) electrons. The summed E-state index contributed by atoms with van der Waals surface area (Å²) in [5, 5.41) is 27.2. The van der Waals surface area contributed by atoms with Crippen LogP contribution < -0.4 is 15.2 Å². The number of aryl methyl sites for hydroxylation is 1. The lowest BCUT2D eigenvalue weighted by Crippen LogP contribution is -2.00. The molecule has 0 aliphatic carbocycles. The third kappa shape index (κ3) is 6.09. The van der Waals surface area contributed by atoms with Crippen molar-refractivity contribution in [3.8, 4) is 17.2 Å². The fourth-order valence-corrected chi connectivity index (χ4v) is 4.95. The molecular formula is C25H23N5O9S2. The largest absolute Gasteiger partial charge is 0.505 e. The summed E-state index contributed by atoms with van der Waals surface area (Å²) in [6, 6.07) is 12.1. The number of anilines is 1. The number of phenolic OH excluding ortho intramolecular Hbond substituents is 1. The van der Waals surface area contributed by atoms with E-state index in [4.69, 9.17) is 15.2 Å². The summed E-state index contributed by atoms with van der Waals surface area (Å²) in [5.41, 5.74) is 6.75. The Bertz CT molecular complexity index is 1960. The Morgan fingerprint density at radius 2 is 1.29 bits per heavy atom. The van der Waals surface area contributed by atoms with Gasteiger partial charge in [0, 0.05) is 16.8 Å². The number of azo groups is 2. The Kier molecular flexibility index (Phi) is 7.94. The molecule has 0 aliphatic heterocycles. The molecule has 0 amide bonds. The minimum atomic E-state index is -5.00. The lowest BCUT2D eigenvalue weighted by atomic mass is 10.1. The molecule has 0 fully saturated rings. The van der Waals surface area contributed by atoms with Crippen LogP contribution in [-0.2, 0) is 20.2 Å². The van der Waals surface area contributed by atoms with Gasteiger partial charge < -0.3 is 20.3 Å². The number of nitrogen functional groups attached to an aromatic ring is 1. The van der Waals surface area contributed by atoms with E-state index in [0.29, 0.717) is 11.4 Å². The van der Waals surface area contributed by atoms with Gasteiger partial charge in [-0.15, -0.1) is 20.5 Å². The molecule has 14 nitrogen and oxygen atoms in total. The quantitative estimate of drug-likeness (QED) is 0.108. The molecule has 4 aromatic rings. The minimum absolute atomic E-state index is 0.00344. The topological polar surface area (TPSA) is 223 Å². The van der Waals surface area contributed by atoms with Gasteiger partial charge in [0.15, 0.2) is 5.75 Å². The Hall–Kier alpha value is -4.64. The normalized spacial score (nSPS) is 12.4. The van der Waals surface area contributed by atoms with Gasteiger partial charge in [0.25, 0.3) is 20.2 Å². The van der Waals surface area contributed by atoms with E-state index in [1.807, 2.05) is 6.92 Å². The monoisotopic (exact) mass is 601 g/mol. The van der Waals surface area contributed by atoms with E-state index in [1.165, 1.54) is 26.4 Å². The zero-order valence-electron chi connectivity index (χ0n) is 21.7. The second-order valence-corrected chi connectivity index (χ2v) is 11.3. The van der Waals surface area contributed by atoms with Gasteiger partial charge in [-0.05, 0) is 55.0 Å². The first kappa shape index (κ1) is 29.3. The van der Waals surface area contributed by atoms with E-state index in [1.54, 1.807) is 18.2 Å². The van der Waals surface area contributed by atoms with E-state index < -0.39 is 41.5 Å². The van der Waals surface area contributed by atoms with Crippen LogP contribution in [-0.4, -0.2) is 45.3 Å². The number of aromatic hydroxyl groups is 1. The Morgan fingerprint density at radius 1 is 0.707 bits per heavy atom. The fourth-order valence-electron chi connectivity index (χ4n) is 3.80. The van der Waals surface area contributed by atoms with Crippen molar-refractivity contribution in [1.82, 2.24) is 0 Å². The van der Waals surface area contributed by atoms with Crippen LogP contribution in [0.1, 0.15) is 5.56 Å². The van der Waals surface area contributed by atoms with Crippen LogP contribution in [0.25, 0.3) is 10.8 Å². The maximum atomic E-state index is 12.4. The maximum absolute atomic E-state index is 12.4. The van der Waals surface area contributed by atoms with Crippen molar-refractivity contribution in [2.24, 2.45) is 20.5 Å². The summed E-state index contributed by atoms with van der Waals surface area (Å²) in [5.74, 6) is -0.395. The second kappa shape index (κ2) is 11.1. The predicted molar refractivity (Wildman–Crippen MR) is 149 cm³/mol. The van der Waals surface area contributed by atoms with E-state index in [9.17, 15) is 31.0 Å². The molecule has 0 saturated carbocycles. The first-order valence-corrected chi connectivity index (χ1v) is 14.3. The zero-order valence-corrected chi connectivity index (χ0v) is 23.3. The summed E-state index contributed by atoms with van der Waals surface area (Å²) < 4.78 is 77.2. The van der Waals surface area contributed by atoms with Crippen LogP contribution in [0.2, 0.25) is 0 Å². The van der Waals surface area contributed by atoms with Crippen molar-refractivity contribution in [1.29, 1.82) is 0 Å². The minimum Gasteiger partial charge on any atom is -0.505 e. The lowest BCUT2D eigenvalue weighted by Gasteiger charge is -2.12. The molecule has 0 heterocycles. The van der Waals surface area contributed by atoms with Crippen molar-refractivity contribution in [3.63, 3.8) is 0 Å². The summed E-state index contributed by atoms with van der Waals surface area (Å²) in [7, 11) is -6.88. The van der Waals surface area contributed by atoms with Gasteiger partial charge in [0.05, 0.1) is 24.8 Å². The average Bonchev–Trinajstić information content (AvgIpc) is 2.91. The molecule has 0 spiro atoms. The Morgan fingerprint density at radius 3 is 1.88 bits per heavy atom. The van der Waals surface area contributed by atoms with Crippen molar-refractivity contribution >= 4 is 59.4 Å². The van der Waals surface area contributed by atoms with Gasteiger partial charge in [-0.3, -0.25) is 9.11 Å². The molecule has 5 N–H and O–H groups in total. The van der Waals surface area contributed by atoms with Crippen LogP contribution in [0.3, 0.4) is 0 Å². The van der Waals surface area contributed by atoms with Gasteiger partial charge in [-0.1, -0.05) is 6.07 Å². The van der Waals surface area contributed by atoms with Crippen molar-refractivity contribution in [2.45, 2.75) is 16.7 Å². The van der Waals surface area contributed by atoms with E-state index in [0.717, 1.165) is 29.8 Å². The highest BCUT2D eigenvalue weighted by atomic mass is 32.2. The smallest absolute Gasteiger partial charge is 0.296 e. The van der Waals surface area contributed by atoms with Crippen molar-refractivity contribution in [3.05, 3.63) is 60.2 Å². The number of fused-ring (bicyclic) bond motifs is 1. The third-order valence-electron chi connectivity index (χ3n) is 5.81. The molecule has 0 aromatic heterocycles. The Balaban J connectivity index is 1.90. The molecule has 214 valence electrons. The standard InChI is InChI=1S/C25H23N5O9S2/c1-13-4-8-18(20(10-13)38-2)27-29-23-16-12-22(41(35,36)37)24(25(31)15(16)6-7-17(23)26)30-28-19-9-5-14(40(32,33)34)11-21(19)39-3/h4-12,31H,26H2,1-3H3,(H,32,33,34)(H,35,36,37)/b29-27+,30-28?. The van der Waals surface area contributed by atoms with Crippen molar-refractivity contribution < 1.29 is 40.5 Å². The van der Waals surface area contributed by atoms with E-state index >= 15 is 0 Å². The van der Waals surface area contributed by atoms with E-state index in [2.05, 4.69) is 20.5 Å². The number of nitrogens with zero attached hydrogens (tertiary/aromatic N) is 4. The molecule has 0 bridgehead atoms. The zero-order chi connectivity index (χ0) is 30.1. The molecule has 4 aromatic carbocycles. The predicted octanol–water partition coefficient (Wildman–Crippen LogP) is 5.78. The summed E-state index contributed by atoms with van der Waals surface area (Å²) >= 11 is 0. The van der Waals surface area contributed by atoms with Crippen LogP contribution in [0.4, 0.5) is 28.4 Å². The number of nitrogens with two attached hydrogens (primary N) is 1. The number of methoxy groups -OCH3 is 2. The highest BCUT2D eigenvalue weighted by molar-refractivity contribution is 7.86. The maximum Gasteiger partial charge on any atom is 0.296 e. The van der Waals surface area contributed by atoms with Crippen LogP contribution >= 0.6 is 0 Å². The number of benzene rings is 4. The van der Waals surface area contributed by atoms with Crippen molar-refractivity contribution in [2.75, 3.05) is 20.0 Å². The SMILES string of the molecule is COc1cc(S(=O)(=O)O)ccc1N=Nc1c(S(=O)(=O)O)cc2c(/N=N/c3ccc(C)cc3OC)c(N)ccc2c1O. The Labute approximate surface area is 234 Å². The van der Waals surface area contributed by atoms with Gasteiger partial charge in [-0.2, -0.15) is 16.8 Å². The highest BCUT2D eigenvalue weighted by Gasteiger charge is 2.24. The van der Waals surface area contributed by atoms with Crippen LogP contribution in [0, 0.1) is 6.92 Å². The van der Waals surface area contributed by atoms with Crippen LogP contribution in [0.15, 0.2) is 84.8 Å². The average molecular weight is 602 g/mol. The first-order valence-electron chi connectivity index (χ1n) is 11.4. The molecule has 0 unspecified atom stereocenters. The van der Waals surface area contributed by atoms with Crippen LogP contribution in [0.5, 0.6) is 17.2 Å². The number of rotatable bonds is 8. The summed E-state index contributed by atoms with van der Waals surface area (Å²) in [4.78, 5) is -1.31. The van der Waals surface area contributed by atoms with Gasteiger partial charge in [-0.25, -0.2) is 0 Å². The third-order valence-corrected chi connectivity index (χ3v) is 7.53. The highest BCUT2D eigenvalue weighted by Crippen LogP contribution is 2.46. The van der Waals surface area contributed by atoms with Gasteiger partial charge in [0.2, 0.25) is 0 Å². The summed E-state index contributed by atoms with van der Waals surface area (Å²) in [6.45, 7) is 1.87. The molecule has 0 aliphatic rings. The number of hydrogen-bond donors (Lipinski definition) is 4. The van der Waals surface area contributed by atoms with Gasteiger partial charge in [0.1, 0.15) is 39.1 Å². The lowest BCUT2D eigenvalue weighted by molar-refractivity contribution is 0.413. The second-order valence-electron chi connectivity index (χ2n) is 8.53. The number of hydrogen-bond acceptors (Lipinski definition) is 12. The number of ether oxygens (including phenoxy) is 2. The molecule has 16 heteroatoms. The summed E-state index contributed by atoms with van der Waals surface area (Å²) in [6.07, 6.45) is 0. The van der Waals surface area contributed by atoms with E-state index in [-0.39, 0.29) is 33.6 Å². The molecule has 41 heavy (non-hydrogen) atoms. The molecule has 0 atom stereocenters. The molecular weight excluding hydrogens is 578 g/mol. The fraction of sp³-hybridized carbons (Fsp3) is 0.120. The molecule has 0 saturated heterocycles.